The third kappa shape index (κ3) is 2.39. The average Bonchev–Trinajstić information content (AvgIpc) is 2.17. The van der Waals surface area contributed by atoms with E-state index in [2.05, 4.69) is 5.32 Å². The van der Waals surface area contributed by atoms with Crippen LogP contribution < -0.4 is 5.32 Å². The van der Waals surface area contributed by atoms with Crippen molar-refractivity contribution in [3.05, 3.63) is 35.1 Å². The summed E-state index contributed by atoms with van der Waals surface area (Å²) in [6.45, 7) is 0.602. The van der Waals surface area contributed by atoms with E-state index >= 15 is 0 Å². The normalized spacial score (nSPS) is 15.8. The van der Waals surface area contributed by atoms with Gasteiger partial charge >= 0.3 is 5.97 Å². The molecule has 16 heavy (non-hydrogen) atoms. The lowest BCUT2D eigenvalue weighted by Gasteiger charge is -2.26. The van der Waals surface area contributed by atoms with Gasteiger partial charge in [0, 0.05) is 12.6 Å². The van der Waals surface area contributed by atoms with Gasteiger partial charge in [-0.05, 0) is 30.5 Å². The monoisotopic (exact) mass is 223 g/mol. The molecular formula is C12H14FNO2. The minimum atomic E-state index is -1.22. The minimum Gasteiger partial charge on any atom is -0.478 e. The van der Waals surface area contributed by atoms with Crippen LogP contribution in [0.25, 0.3) is 0 Å². The van der Waals surface area contributed by atoms with Crippen LogP contribution in [-0.4, -0.2) is 17.1 Å². The molecule has 0 saturated heterocycles. The molecule has 0 aromatic heterocycles. The van der Waals surface area contributed by atoms with Crippen LogP contribution in [0, 0.1) is 5.82 Å². The first-order valence-electron chi connectivity index (χ1n) is 5.42. The molecule has 1 fully saturated rings. The zero-order valence-electron chi connectivity index (χ0n) is 8.87. The van der Waals surface area contributed by atoms with Crippen LogP contribution in [0.4, 0.5) is 4.39 Å². The molecule has 86 valence electrons. The Kier molecular flexibility index (Phi) is 3.19. The molecule has 0 spiro atoms. The Labute approximate surface area is 93.3 Å². The van der Waals surface area contributed by atoms with Crippen LogP contribution in [0.1, 0.15) is 35.2 Å². The topological polar surface area (TPSA) is 49.3 Å². The molecular weight excluding hydrogens is 209 g/mol. The molecule has 0 aliphatic heterocycles. The summed E-state index contributed by atoms with van der Waals surface area (Å²) in [6.07, 6.45) is 3.60. The van der Waals surface area contributed by atoms with E-state index in [1.54, 1.807) is 6.07 Å². The second-order valence-corrected chi connectivity index (χ2v) is 4.13. The first-order valence-corrected chi connectivity index (χ1v) is 5.42. The quantitative estimate of drug-likeness (QED) is 0.822. The van der Waals surface area contributed by atoms with Crippen molar-refractivity contribution >= 4 is 5.97 Å². The smallest absolute Gasteiger partial charge is 0.338 e. The van der Waals surface area contributed by atoms with E-state index < -0.39 is 11.8 Å². The molecule has 1 aromatic rings. The Hall–Kier alpha value is -1.42. The van der Waals surface area contributed by atoms with Gasteiger partial charge in [-0.25, -0.2) is 9.18 Å². The second-order valence-electron chi connectivity index (χ2n) is 4.13. The van der Waals surface area contributed by atoms with Gasteiger partial charge in [-0.15, -0.1) is 0 Å². The highest BCUT2D eigenvalue weighted by Crippen LogP contribution is 2.19. The van der Waals surface area contributed by atoms with E-state index in [1.165, 1.54) is 31.4 Å². The summed E-state index contributed by atoms with van der Waals surface area (Å²) in [4.78, 5) is 10.7. The molecule has 0 atom stereocenters. The minimum absolute atomic E-state index is 0.257. The highest BCUT2D eigenvalue weighted by atomic mass is 19.1. The molecule has 0 heterocycles. The first-order chi connectivity index (χ1) is 7.66. The van der Waals surface area contributed by atoms with Crippen molar-refractivity contribution in [2.45, 2.75) is 31.8 Å². The van der Waals surface area contributed by atoms with Gasteiger partial charge in [0.2, 0.25) is 0 Å². The fourth-order valence-electron chi connectivity index (χ4n) is 1.72. The fraction of sp³-hybridized carbons (Fsp3) is 0.417. The summed E-state index contributed by atoms with van der Waals surface area (Å²) in [7, 11) is 0. The molecule has 1 aromatic carbocycles. The van der Waals surface area contributed by atoms with E-state index in [1.807, 2.05) is 0 Å². The first kappa shape index (κ1) is 11.1. The number of halogens is 1. The summed E-state index contributed by atoms with van der Waals surface area (Å²) in [5.41, 5.74) is 0.554. The molecule has 1 aliphatic rings. The largest absolute Gasteiger partial charge is 0.478 e. The maximum absolute atomic E-state index is 13.1. The van der Waals surface area contributed by atoms with E-state index in [4.69, 9.17) is 5.11 Å². The number of rotatable bonds is 4. The van der Waals surface area contributed by atoms with Crippen molar-refractivity contribution in [1.82, 2.24) is 5.32 Å². The highest BCUT2D eigenvalue weighted by molar-refractivity contribution is 5.88. The van der Waals surface area contributed by atoms with Crippen LogP contribution in [0.2, 0.25) is 0 Å². The predicted molar refractivity (Wildman–Crippen MR) is 57.8 cm³/mol. The van der Waals surface area contributed by atoms with E-state index in [9.17, 15) is 9.18 Å². The van der Waals surface area contributed by atoms with Crippen LogP contribution in [0.3, 0.4) is 0 Å². The van der Waals surface area contributed by atoms with Gasteiger partial charge in [0.25, 0.3) is 0 Å². The SMILES string of the molecule is O=C(O)c1cc(CNC2CCC2)ccc1F. The maximum atomic E-state index is 13.1. The molecule has 1 saturated carbocycles. The van der Waals surface area contributed by atoms with Crippen molar-refractivity contribution in [2.24, 2.45) is 0 Å². The Morgan fingerprint density at radius 1 is 1.50 bits per heavy atom. The van der Waals surface area contributed by atoms with Gasteiger partial charge in [0.15, 0.2) is 0 Å². The lowest BCUT2D eigenvalue weighted by Crippen LogP contribution is -2.34. The highest BCUT2D eigenvalue weighted by Gasteiger charge is 2.17. The summed E-state index contributed by atoms with van der Waals surface area (Å²) in [6, 6.07) is 4.76. The number of aromatic carboxylic acids is 1. The van der Waals surface area contributed by atoms with Crippen LogP contribution in [0.15, 0.2) is 18.2 Å². The van der Waals surface area contributed by atoms with Gasteiger partial charge < -0.3 is 10.4 Å². The Balaban J connectivity index is 2.03. The van der Waals surface area contributed by atoms with E-state index in [-0.39, 0.29) is 5.56 Å². The lowest BCUT2D eigenvalue weighted by atomic mass is 9.93. The van der Waals surface area contributed by atoms with E-state index in [0.29, 0.717) is 12.6 Å². The predicted octanol–water partition coefficient (Wildman–Crippen LogP) is 2.17. The zero-order chi connectivity index (χ0) is 11.5. The fourth-order valence-corrected chi connectivity index (χ4v) is 1.72. The number of nitrogens with one attached hydrogen (secondary N) is 1. The van der Waals surface area contributed by atoms with Crippen LogP contribution in [-0.2, 0) is 6.54 Å². The summed E-state index contributed by atoms with van der Waals surface area (Å²) in [5.74, 6) is -1.90. The van der Waals surface area contributed by atoms with Crippen molar-refractivity contribution in [3.63, 3.8) is 0 Å². The molecule has 2 N–H and O–H groups in total. The lowest BCUT2D eigenvalue weighted by molar-refractivity contribution is 0.0691. The number of hydrogen-bond donors (Lipinski definition) is 2. The van der Waals surface area contributed by atoms with Gasteiger partial charge in [-0.2, -0.15) is 0 Å². The number of hydrogen-bond acceptors (Lipinski definition) is 2. The Morgan fingerprint density at radius 2 is 2.25 bits per heavy atom. The van der Waals surface area contributed by atoms with Crippen LogP contribution in [0.5, 0.6) is 0 Å². The molecule has 4 heteroatoms. The summed E-state index contributed by atoms with van der Waals surface area (Å²) in [5, 5.41) is 12.1. The number of carbonyl (C=O) groups is 1. The van der Waals surface area contributed by atoms with Crippen LogP contribution >= 0.6 is 0 Å². The Bertz CT molecular complexity index is 402. The van der Waals surface area contributed by atoms with Crippen molar-refractivity contribution in [3.8, 4) is 0 Å². The molecule has 1 aliphatic carbocycles. The molecule has 0 unspecified atom stereocenters. The number of carboxylic acid groups (broad SMARTS) is 1. The second kappa shape index (κ2) is 4.61. The van der Waals surface area contributed by atoms with Gasteiger partial charge in [-0.1, -0.05) is 12.5 Å². The third-order valence-corrected chi connectivity index (χ3v) is 2.96. The van der Waals surface area contributed by atoms with Crippen molar-refractivity contribution in [2.75, 3.05) is 0 Å². The maximum Gasteiger partial charge on any atom is 0.338 e. The van der Waals surface area contributed by atoms with Gasteiger partial charge in [0.05, 0.1) is 5.56 Å². The number of carboxylic acids is 1. The average molecular weight is 223 g/mol. The molecule has 0 radical (unpaired) electrons. The van der Waals surface area contributed by atoms with E-state index in [0.717, 1.165) is 5.56 Å². The zero-order valence-corrected chi connectivity index (χ0v) is 8.87. The van der Waals surface area contributed by atoms with Gasteiger partial charge in [0.1, 0.15) is 5.82 Å². The standard InChI is InChI=1S/C12H14FNO2/c13-11-5-4-8(6-10(11)12(15)16)7-14-9-2-1-3-9/h4-6,9,14H,1-3,7H2,(H,15,16). The molecule has 3 nitrogen and oxygen atoms in total. The summed E-state index contributed by atoms with van der Waals surface area (Å²) < 4.78 is 13.1. The van der Waals surface area contributed by atoms with Gasteiger partial charge in [-0.3, -0.25) is 0 Å². The Morgan fingerprint density at radius 3 is 2.81 bits per heavy atom. The van der Waals surface area contributed by atoms with Crippen molar-refractivity contribution in [1.29, 1.82) is 0 Å². The molecule has 0 bridgehead atoms. The molecule has 2 rings (SSSR count). The third-order valence-electron chi connectivity index (χ3n) is 2.96. The number of benzene rings is 1. The summed E-state index contributed by atoms with van der Waals surface area (Å²) >= 11 is 0. The van der Waals surface area contributed by atoms with Crippen molar-refractivity contribution < 1.29 is 14.3 Å². The molecule has 0 amide bonds.